The van der Waals surface area contributed by atoms with Crippen molar-refractivity contribution in [2.45, 2.75) is 14.9 Å². The molecule has 0 radical (unpaired) electrons. The van der Waals surface area contributed by atoms with Crippen molar-refractivity contribution >= 4 is 42.7 Å². The third kappa shape index (κ3) is 63.0. The van der Waals surface area contributed by atoms with Crippen LogP contribution in [0, 0.1) is 0 Å². The third-order valence-corrected chi connectivity index (χ3v) is 2.39. The zero-order valence-electron chi connectivity index (χ0n) is 18.8. The summed E-state index contributed by atoms with van der Waals surface area (Å²) in [6, 6.07) is 0. The Morgan fingerprint density at radius 2 is 0.906 bits per heavy atom. The Balaban J connectivity index is -0.0000000552. The number of hydrogen-bond donors (Lipinski definition) is 2. The Labute approximate surface area is 207 Å². The number of rotatable bonds is 9. The number of nitrogens with zero attached hydrogens (tertiary/aromatic N) is 3. The highest BCUT2D eigenvalue weighted by atomic mass is 35.5. The van der Waals surface area contributed by atoms with Gasteiger partial charge in [0.25, 0.3) is 0 Å². The van der Waals surface area contributed by atoms with Gasteiger partial charge in [0, 0.05) is 37.9 Å². The fourth-order valence-electron chi connectivity index (χ4n) is 1.16. The lowest BCUT2D eigenvalue weighted by Gasteiger charge is -2.02. The first kappa shape index (κ1) is 47.8. The molecule has 11 heteroatoms. The van der Waals surface area contributed by atoms with Crippen LogP contribution in [0.1, 0.15) is 14.9 Å². The maximum Gasteiger partial charge on any atom is 0.330 e. The summed E-state index contributed by atoms with van der Waals surface area (Å²) < 4.78 is 4.39. The number of carboxylic acids is 2. The van der Waals surface area contributed by atoms with Crippen molar-refractivity contribution in [3.05, 3.63) is 36.5 Å². The highest BCUT2D eigenvalue weighted by Crippen LogP contribution is 1.80. The van der Waals surface area contributed by atoms with E-state index in [-0.39, 0.29) is 45.6 Å². The summed E-state index contributed by atoms with van der Waals surface area (Å²) in [7, 11) is 12.8. The lowest BCUT2D eigenvalue weighted by atomic mass is 10.5. The first-order valence-electron chi connectivity index (χ1n) is 8.39. The number of carbonyl (C=O) groups excluding carboxylic acids is 1. The summed E-state index contributed by atoms with van der Waals surface area (Å²) in [5.41, 5.74) is 0. The molecule has 2 N–H and O–H groups in total. The molecule has 0 atom stereocenters. The van der Waals surface area contributed by atoms with Gasteiger partial charge in [0.2, 0.25) is 0 Å². The molecule has 0 amide bonds. The number of esters is 1. The van der Waals surface area contributed by atoms with Gasteiger partial charge in [-0.05, 0) is 42.3 Å². The van der Waals surface area contributed by atoms with Crippen LogP contribution in [-0.4, -0.2) is 112 Å². The van der Waals surface area contributed by atoms with Gasteiger partial charge < -0.3 is 29.6 Å². The van der Waals surface area contributed by atoms with Gasteiger partial charge in [-0.15, -0.1) is 24.8 Å². The fraction of sp³-hybridized carbons (Fsp3) is 0.571. The minimum atomic E-state index is -0.892. The molecule has 0 unspecified atom stereocenters. The van der Waals surface area contributed by atoms with Crippen LogP contribution in [0.25, 0.3) is 0 Å². The quantitative estimate of drug-likeness (QED) is 0.360. The number of likely N-dealkylation sites (N-methyl/N-ethyl adjacent to an activating group) is 3. The van der Waals surface area contributed by atoms with Crippen LogP contribution in [0.3, 0.4) is 0 Å². The van der Waals surface area contributed by atoms with Crippen molar-refractivity contribution in [1.82, 2.24) is 14.7 Å². The van der Waals surface area contributed by atoms with Gasteiger partial charge in [-0.1, -0.05) is 33.1 Å². The summed E-state index contributed by atoms with van der Waals surface area (Å²) in [6.45, 7) is 2.10. The number of carboxylic acid groups (broad SMARTS) is 2. The molecular weight excluding hydrogens is 461 g/mol. The van der Waals surface area contributed by atoms with Crippen molar-refractivity contribution < 1.29 is 29.3 Å². The van der Waals surface area contributed by atoms with Gasteiger partial charge in [-0.25, -0.2) is 14.4 Å². The smallest absolute Gasteiger partial charge is 0.330 e. The van der Waals surface area contributed by atoms with E-state index < -0.39 is 11.9 Å². The second-order valence-electron chi connectivity index (χ2n) is 6.19. The molecule has 0 heterocycles. The molecule has 0 saturated heterocycles. The highest BCUT2D eigenvalue weighted by Gasteiger charge is 1.89. The SMILES string of the molecule is C.C.CN(C)C/C=C/C(=O)O.CN(C)C/C=C/C(=O)O.COC(=O)/C=C/CN(C)C.Cl.Cl. The number of aliphatic carboxylic acids is 2. The van der Waals surface area contributed by atoms with Crippen LogP contribution in [-0.2, 0) is 19.1 Å². The summed E-state index contributed by atoms with van der Waals surface area (Å²) in [5.74, 6) is -2.09. The van der Waals surface area contributed by atoms with Gasteiger partial charge in [-0.2, -0.15) is 0 Å². The topological polar surface area (TPSA) is 111 Å². The van der Waals surface area contributed by atoms with Gasteiger partial charge >= 0.3 is 17.9 Å². The van der Waals surface area contributed by atoms with Crippen molar-refractivity contribution in [3.8, 4) is 0 Å². The number of hydrogen-bond acceptors (Lipinski definition) is 7. The maximum absolute atomic E-state index is 10.5. The zero-order chi connectivity index (χ0) is 22.5. The largest absolute Gasteiger partial charge is 0.478 e. The van der Waals surface area contributed by atoms with E-state index in [2.05, 4.69) is 4.74 Å². The monoisotopic (exact) mass is 505 g/mol. The van der Waals surface area contributed by atoms with E-state index in [0.29, 0.717) is 13.1 Å². The third-order valence-electron chi connectivity index (χ3n) is 2.39. The van der Waals surface area contributed by atoms with Crippen LogP contribution in [0.2, 0.25) is 0 Å². The van der Waals surface area contributed by atoms with Crippen LogP contribution in [0.5, 0.6) is 0 Å². The van der Waals surface area contributed by atoms with E-state index in [0.717, 1.165) is 18.7 Å². The van der Waals surface area contributed by atoms with Crippen molar-refractivity contribution in [1.29, 1.82) is 0 Å². The van der Waals surface area contributed by atoms with Crippen LogP contribution in [0.15, 0.2) is 36.5 Å². The molecule has 0 aliphatic carbocycles. The average Bonchev–Trinajstić information content (AvgIpc) is 2.54. The van der Waals surface area contributed by atoms with Crippen LogP contribution < -0.4 is 0 Å². The average molecular weight is 507 g/mol. The zero-order valence-corrected chi connectivity index (χ0v) is 20.4. The Morgan fingerprint density at radius 3 is 1.09 bits per heavy atom. The fourth-order valence-corrected chi connectivity index (χ4v) is 1.16. The van der Waals surface area contributed by atoms with Gasteiger partial charge in [-0.3, -0.25) is 0 Å². The maximum atomic E-state index is 10.5. The summed E-state index contributed by atoms with van der Waals surface area (Å²) in [6.07, 6.45) is 8.65. The van der Waals surface area contributed by atoms with Gasteiger partial charge in [0.05, 0.1) is 7.11 Å². The Kier molecular flexibility index (Phi) is 50.3. The number of ether oxygens (including phenoxy) is 1. The molecule has 194 valence electrons. The molecule has 0 aromatic carbocycles. The first-order valence-corrected chi connectivity index (χ1v) is 8.39. The second-order valence-corrected chi connectivity index (χ2v) is 6.19. The van der Waals surface area contributed by atoms with E-state index in [1.807, 2.05) is 57.0 Å². The summed E-state index contributed by atoms with van der Waals surface area (Å²) in [5, 5.41) is 16.2. The Bertz CT molecular complexity index is 494. The molecule has 0 bridgehead atoms. The molecule has 0 aromatic rings. The van der Waals surface area contributed by atoms with E-state index in [4.69, 9.17) is 10.2 Å². The van der Waals surface area contributed by atoms with Crippen molar-refractivity contribution in [2.75, 3.05) is 69.0 Å². The molecule has 0 rings (SSSR count). The normalized spacial score (nSPS) is 9.56. The second kappa shape index (κ2) is 33.7. The molecule has 0 fully saturated rings. The predicted molar refractivity (Wildman–Crippen MR) is 138 cm³/mol. The molecule has 0 aromatic heterocycles. The molecule has 9 nitrogen and oxygen atoms in total. The van der Waals surface area contributed by atoms with E-state index in [1.165, 1.54) is 13.2 Å². The van der Waals surface area contributed by atoms with E-state index in [9.17, 15) is 14.4 Å². The Morgan fingerprint density at radius 1 is 0.656 bits per heavy atom. The standard InChI is InChI=1S/C7H13NO2.2C6H11NO2.2CH4.2ClH/c1-8(2)6-4-5-7(9)10-3;2*1-7(2)5-3-4-6(8)9;;;;/h4-5H,6H2,1-3H3;2*3-4H,5H2,1-2H3,(H,8,9);2*1H4;2*1H/b5-4+;2*4-3+;;;;. The highest BCUT2D eigenvalue weighted by molar-refractivity contribution is 5.85. The van der Waals surface area contributed by atoms with E-state index >= 15 is 0 Å². The molecule has 0 saturated carbocycles. The van der Waals surface area contributed by atoms with Crippen LogP contribution >= 0.6 is 24.8 Å². The summed E-state index contributed by atoms with van der Waals surface area (Å²) >= 11 is 0. The lowest BCUT2D eigenvalue weighted by Crippen LogP contribution is -2.11. The minimum Gasteiger partial charge on any atom is -0.478 e. The van der Waals surface area contributed by atoms with Gasteiger partial charge in [0.1, 0.15) is 0 Å². The number of halogens is 2. The predicted octanol–water partition coefficient (Wildman–Crippen LogP) is 2.77. The van der Waals surface area contributed by atoms with E-state index in [1.54, 1.807) is 18.2 Å². The molecule has 0 aliphatic heterocycles. The minimum absolute atomic E-state index is 0. The first-order chi connectivity index (χ1) is 12.9. The lowest BCUT2D eigenvalue weighted by molar-refractivity contribution is -0.135. The van der Waals surface area contributed by atoms with Crippen molar-refractivity contribution in [3.63, 3.8) is 0 Å². The van der Waals surface area contributed by atoms with Crippen molar-refractivity contribution in [2.24, 2.45) is 0 Å². The van der Waals surface area contributed by atoms with Crippen LogP contribution in [0.4, 0.5) is 0 Å². The van der Waals surface area contributed by atoms with Gasteiger partial charge in [0.15, 0.2) is 0 Å². The molecule has 0 aliphatic rings. The number of methoxy groups -OCH3 is 1. The molecule has 32 heavy (non-hydrogen) atoms. The number of carbonyl (C=O) groups is 3. The summed E-state index contributed by atoms with van der Waals surface area (Å²) in [4.78, 5) is 36.0. The molecular formula is C21H45Cl2N3O6. The Hall–Kier alpha value is -1.91. The molecule has 0 spiro atoms.